The number of hydrogen-bond acceptors (Lipinski definition) is 7. The first-order valence-electron chi connectivity index (χ1n) is 15.6. The number of carbonyl (C=O) groups is 4. The number of rotatable bonds is 1. The molecule has 230 valence electrons. The van der Waals surface area contributed by atoms with Gasteiger partial charge in [-0.2, -0.15) is 0 Å². The zero-order valence-electron chi connectivity index (χ0n) is 25.5. The van der Waals surface area contributed by atoms with Gasteiger partial charge in [0.15, 0.2) is 0 Å². The summed E-state index contributed by atoms with van der Waals surface area (Å²) in [5.41, 5.74) is 4.54. The number of cyclic esters (lactones) is 1. The van der Waals surface area contributed by atoms with Gasteiger partial charge in [0, 0.05) is 11.9 Å². The molecule has 1 saturated heterocycles. The average molecular weight is 590 g/mol. The van der Waals surface area contributed by atoms with Gasteiger partial charge in [0.05, 0.1) is 16.6 Å². The molecule has 10 heteroatoms. The summed E-state index contributed by atoms with van der Waals surface area (Å²) in [6, 6.07) is 7.38. The largest absolute Gasteiger partial charge is 0.455 e. The second kappa shape index (κ2) is 12.8. The minimum Gasteiger partial charge on any atom is -0.455 e. The lowest BCUT2D eigenvalue weighted by molar-refractivity contribution is -0.157. The third-order valence-corrected chi connectivity index (χ3v) is 8.94. The van der Waals surface area contributed by atoms with E-state index in [0.717, 1.165) is 35.7 Å². The van der Waals surface area contributed by atoms with Crippen LogP contribution in [-0.2, 0) is 23.9 Å². The van der Waals surface area contributed by atoms with Crippen LogP contribution in [0.3, 0.4) is 0 Å². The van der Waals surface area contributed by atoms with Crippen LogP contribution >= 0.6 is 0 Å². The Hall–Kier alpha value is -3.79. The van der Waals surface area contributed by atoms with Gasteiger partial charge in [-0.15, -0.1) is 0 Å². The molecule has 3 heterocycles. The molecule has 1 aromatic carbocycles. The van der Waals surface area contributed by atoms with Crippen LogP contribution < -0.4 is 16.1 Å². The van der Waals surface area contributed by atoms with E-state index in [1.165, 1.54) is 5.01 Å². The number of pyridine rings is 1. The summed E-state index contributed by atoms with van der Waals surface area (Å²) in [4.78, 5) is 58.7. The van der Waals surface area contributed by atoms with Crippen LogP contribution in [0.4, 0.5) is 0 Å². The molecule has 2 fully saturated rings. The average Bonchev–Trinajstić information content (AvgIpc) is 3.01. The maximum absolute atomic E-state index is 13.9. The van der Waals surface area contributed by atoms with E-state index in [1.54, 1.807) is 13.8 Å². The second-order valence-corrected chi connectivity index (χ2v) is 12.6. The molecule has 5 bridgehead atoms. The predicted octanol–water partition coefficient (Wildman–Crippen LogP) is 3.96. The van der Waals surface area contributed by atoms with Crippen LogP contribution in [0, 0.1) is 11.3 Å². The van der Waals surface area contributed by atoms with E-state index in [1.807, 2.05) is 56.3 Å². The molecule has 1 saturated carbocycles. The first-order chi connectivity index (χ1) is 20.6. The van der Waals surface area contributed by atoms with Crippen molar-refractivity contribution in [2.45, 2.75) is 96.9 Å². The number of hydrazine groups is 1. The van der Waals surface area contributed by atoms with Gasteiger partial charge in [-0.25, -0.2) is 10.4 Å². The number of carbonyl (C=O) groups excluding carboxylic acids is 4. The number of nitrogens with one attached hydrogen (secondary N) is 3. The Morgan fingerprint density at radius 2 is 1.72 bits per heavy atom. The molecule has 3 aliphatic rings. The van der Waals surface area contributed by atoms with Gasteiger partial charge >= 0.3 is 5.97 Å². The summed E-state index contributed by atoms with van der Waals surface area (Å²) in [5, 5.41) is 8.18. The molecular weight excluding hydrogens is 546 g/mol. The highest BCUT2D eigenvalue weighted by Crippen LogP contribution is 2.39. The molecule has 1 aliphatic carbocycles. The van der Waals surface area contributed by atoms with Gasteiger partial charge < -0.3 is 15.4 Å². The van der Waals surface area contributed by atoms with Gasteiger partial charge in [0.25, 0.3) is 5.91 Å². The molecule has 10 nitrogen and oxygen atoms in total. The van der Waals surface area contributed by atoms with Crippen molar-refractivity contribution < 1.29 is 23.9 Å². The van der Waals surface area contributed by atoms with Crippen LogP contribution in [0.5, 0.6) is 0 Å². The number of nitrogens with zero attached hydrogens (tertiary/aromatic N) is 2. The molecule has 1 spiro atoms. The molecule has 2 aromatic rings. The third-order valence-electron chi connectivity index (χ3n) is 8.94. The van der Waals surface area contributed by atoms with Crippen molar-refractivity contribution in [2.24, 2.45) is 11.3 Å². The molecule has 1 aromatic heterocycles. The molecule has 5 rings (SSSR count). The second-order valence-electron chi connectivity index (χ2n) is 12.6. The minimum atomic E-state index is -0.869. The van der Waals surface area contributed by atoms with Crippen molar-refractivity contribution in [3.05, 3.63) is 47.7 Å². The summed E-state index contributed by atoms with van der Waals surface area (Å²) in [5.74, 6) is -1.62. The van der Waals surface area contributed by atoms with Gasteiger partial charge in [0.1, 0.15) is 24.2 Å². The van der Waals surface area contributed by atoms with Crippen molar-refractivity contribution >= 4 is 40.7 Å². The van der Waals surface area contributed by atoms with Crippen molar-refractivity contribution in [1.82, 2.24) is 26.1 Å². The lowest BCUT2D eigenvalue weighted by Crippen LogP contribution is -2.61. The summed E-state index contributed by atoms with van der Waals surface area (Å²) in [6.45, 7) is 7.54. The Morgan fingerprint density at radius 3 is 2.47 bits per heavy atom. The van der Waals surface area contributed by atoms with Crippen LogP contribution in [0.15, 0.2) is 36.4 Å². The number of esters is 1. The number of fused-ring (bicyclic) bond motifs is 4. The normalized spacial score (nSPS) is 28.0. The van der Waals surface area contributed by atoms with Crippen molar-refractivity contribution in [3.8, 4) is 0 Å². The van der Waals surface area contributed by atoms with E-state index in [4.69, 9.17) is 9.72 Å². The van der Waals surface area contributed by atoms with E-state index in [2.05, 4.69) is 16.1 Å². The molecular formula is C33H43N5O5. The Balaban J connectivity index is 1.53. The quantitative estimate of drug-likeness (QED) is 0.430. The predicted molar refractivity (Wildman–Crippen MR) is 163 cm³/mol. The maximum Gasteiger partial charge on any atom is 0.325 e. The fourth-order valence-corrected chi connectivity index (χ4v) is 6.24. The monoisotopic (exact) mass is 589 g/mol. The van der Waals surface area contributed by atoms with E-state index in [9.17, 15) is 19.2 Å². The Morgan fingerprint density at radius 1 is 0.977 bits per heavy atom. The van der Waals surface area contributed by atoms with E-state index < -0.39 is 41.5 Å². The van der Waals surface area contributed by atoms with E-state index in [-0.39, 0.29) is 17.7 Å². The highest BCUT2D eigenvalue weighted by molar-refractivity contribution is 5.94. The van der Waals surface area contributed by atoms with Crippen LogP contribution in [0.25, 0.3) is 17.0 Å². The van der Waals surface area contributed by atoms with Crippen molar-refractivity contribution in [2.75, 3.05) is 6.54 Å². The molecule has 43 heavy (non-hydrogen) atoms. The summed E-state index contributed by atoms with van der Waals surface area (Å²) in [7, 11) is 0. The summed E-state index contributed by atoms with van der Waals surface area (Å²) >= 11 is 0. The topological polar surface area (TPSA) is 130 Å². The van der Waals surface area contributed by atoms with Crippen LogP contribution in [0.1, 0.15) is 90.0 Å². The Kier molecular flexibility index (Phi) is 9.15. The van der Waals surface area contributed by atoms with Crippen LogP contribution in [-0.4, -0.2) is 58.4 Å². The molecule has 0 radical (unpaired) electrons. The molecule has 2 aliphatic heterocycles. The minimum absolute atomic E-state index is 0.173. The standard InChI is InChI=1S/C33H43N5O5/c1-20(2)28-29(39)34-21(3)30(40)38-18-8-9-26(37-38)31(41)43-22(4)25-13-12-24-11-10-23(19-27(24)35-25)14-17-33(32(42)36-28)15-6-5-7-16-33/h10-14,17,19-22,26,28,37H,5-9,15-16,18H2,1-4H3,(H,34,39)(H,36,42)/b17-14+/t21-,22+,26-,28-/m0/s1. The Labute approximate surface area is 253 Å². The first kappa shape index (κ1) is 30.7. The number of hydrogen-bond donors (Lipinski definition) is 3. The van der Waals surface area contributed by atoms with E-state index in [0.29, 0.717) is 37.9 Å². The fraction of sp³-hybridized carbons (Fsp3) is 0.545. The van der Waals surface area contributed by atoms with Gasteiger partial charge in [-0.3, -0.25) is 24.2 Å². The molecule has 0 unspecified atom stereocenters. The highest BCUT2D eigenvalue weighted by atomic mass is 16.5. The number of benzene rings is 1. The maximum atomic E-state index is 13.9. The summed E-state index contributed by atoms with van der Waals surface area (Å²) in [6.07, 6.45) is 8.76. The van der Waals surface area contributed by atoms with Crippen molar-refractivity contribution in [1.29, 1.82) is 0 Å². The van der Waals surface area contributed by atoms with Crippen LogP contribution in [0.2, 0.25) is 0 Å². The zero-order chi connectivity index (χ0) is 30.7. The molecule has 3 amide bonds. The number of aromatic nitrogens is 1. The summed E-state index contributed by atoms with van der Waals surface area (Å²) < 4.78 is 5.79. The SMILES string of the molecule is CC(C)[C@@H]1NC(=O)C2(/C=C/c3ccc4ccc(nc4c3)[C@@H](C)OC(=O)[C@@H]3CCCN(N3)C(=O)[C@H](C)NC1=O)CCCCC2. The van der Waals surface area contributed by atoms with E-state index >= 15 is 0 Å². The molecule has 4 atom stereocenters. The first-order valence-corrected chi connectivity index (χ1v) is 15.6. The fourth-order valence-electron chi connectivity index (χ4n) is 6.24. The van der Waals surface area contributed by atoms with Gasteiger partial charge in [-0.05, 0) is 63.1 Å². The number of ether oxygens (including phenoxy) is 1. The lowest BCUT2D eigenvalue weighted by atomic mass is 9.72. The van der Waals surface area contributed by atoms with Gasteiger partial charge in [0.2, 0.25) is 11.8 Å². The Bertz CT molecular complexity index is 1420. The van der Waals surface area contributed by atoms with Crippen molar-refractivity contribution in [3.63, 3.8) is 0 Å². The highest BCUT2D eigenvalue weighted by Gasteiger charge is 2.40. The smallest absolute Gasteiger partial charge is 0.325 e. The third kappa shape index (κ3) is 6.74. The van der Waals surface area contributed by atoms with Gasteiger partial charge in [-0.1, -0.05) is 63.5 Å². The lowest BCUT2D eigenvalue weighted by Gasteiger charge is -2.36. The molecule has 3 N–H and O–H groups in total. The zero-order valence-corrected chi connectivity index (χ0v) is 25.5. The number of amides is 3.